The molecule has 9 heavy (non-hydrogen) atoms. The Morgan fingerprint density at radius 2 is 2.22 bits per heavy atom. The van der Waals surface area contributed by atoms with Gasteiger partial charge in [-0.25, -0.2) is 0 Å². The molecule has 0 fully saturated rings. The van der Waals surface area contributed by atoms with E-state index < -0.39 is 0 Å². The fourth-order valence-corrected chi connectivity index (χ4v) is 1.27. The first-order valence-electron chi connectivity index (χ1n) is 2.86. The third kappa shape index (κ3) is 1.69. The van der Waals surface area contributed by atoms with E-state index in [4.69, 9.17) is 5.73 Å². The largest absolute Gasteiger partial charge is 0.399 e. The maximum atomic E-state index is 5.54. The van der Waals surface area contributed by atoms with Crippen molar-refractivity contribution in [3.8, 4) is 0 Å². The molecule has 1 aromatic carbocycles. The number of hydrogen-bond donors (Lipinski definition) is 1. The van der Waals surface area contributed by atoms with E-state index in [9.17, 15) is 0 Å². The number of benzene rings is 1. The smallest absolute Gasteiger partial charge is 0.0320 e. The van der Waals surface area contributed by atoms with Crippen molar-refractivity contribution in [1.29, 1.82) is 0 Å². The lowest BCUT2D eigenvalue weighted by Crippen LogP contribution is -1.94. The lowest BCUT2D eigenvalue weighted by molar-refractivity contribution is 1.73. The van der Waals surface area contributed by atoms with Gasteiger partial charge in [0.25, 0.3) is 0 Å². The van der Waals surface area contributed by atoms with E-state index in [1.54, 1.807) is 0 Å². The predicted octanol–water partition coefficient (Wildman–Crippen LogP) is 1.20. The third-order valence-electron chi connectivity index (χ3n) is 1.18. The van der Waals surface area contributed by atoms with Gasteiger partial charge >= 0.3 is 0 Å². The monoisotopic (exact) mass is 139 g/mol. The van der Waals surface area contributed by atoms with Crippen LogP contribution in [0.1, 0.15) is 0 Å². The van der Waals surface area contributed by atoms with Gasteiger partial charge in [0.1, 0.15) is 0 Å². The molecule has 2 N–H and O–H groups in total. The Morgan fingerprint density at radius 1 is 1.44 bits per heavy atom. The van der Waals surface area contributed by atoms with Crippen LogP contribution < -0.4 is 11.0 Å². The van der Waals surface area contributed by atoms with Gasteiger partial charge in [-0.3, -0.25) is 0 Å². The zero-order valence-corrected chi connectivity index (χ0v) is 6.39. The summed E-state index contributed by atoms with van der Waals surface area (Å²) < 4.78 is 0. The van der Waals surface area contributed by atoms with Gasteiger partial charge in [-0.05, 0) is 24.1 Å². The van der Waals surface area contributed by atoms with Crippen LogP contribution in [0.3, 0.4) is 0 Å². The predicted molar refractivity (Wildman–Crippen MR) is 44.7 cm³/mol. The Hall–Kier alpha value is -0.550. The molecule has 0 radical (unpaired) electrons. The van der Waals surface area contributed by atoms with Gasteiger partial charge in [-0.2, -0.15) is 0 Å². The number of anilines is 1. The van der Waals surface area contributed by atoms with Crippen LogP contribution in [0, 0.1) is 0 Å². The highest BCUT2D eigenvalue weighted by atomic mass is 31.1. The summed E-state index contributed by atoms with van der Waals surface area (Å²) in [5.74, 6) is 0. The van der Waals surface area contributed by atoms with Gasteiger partial charge in [0.15, 0.2) is 0 Å². The highest BCUT2D eigenvalue weighted by Crippen LogP contribution is 2.06. The van der Waals surface area contributed by atoms with Gasteiger partial charge in [0, 0.05) is 5.69 Å². The van der Waals surface area contributed by atoms with Crippen molar-refractivity contribution in [1.82, 2.24) is 0 Å². The topological polar surface area (TPSA) is 26.0 Å². The normalized spacial score (nSPS) is 10.8. The van der Waals surface area contributed by atoms with Gasteiger partial charge in [0.2, 0.25) is 0 Å². The van der Waals surface area contributed by atoms with Gasteiger partial charge in [0.05, 0.1) is 0 Å². The lowest BCUT2D eigenvalue weighted by atomic mass is 10.3. The van der Waals surface area contributed by atoms with Crippen LogP contribution in [-0.2, 0) is 0 Å². The Morgan fingerprint density at radius 3 is 2.67 bits per heavy atom. The molecule has 0 bridgehead atoms. The van der Waals surface area contributed by atoms with Crippen molar-refractivity contribution >= 4 is 19.6 Å². The maximum absolute atomic E-state index is 5.54. The van der Waals surface area contributed by atoms with Crippen LogP contribution in [0.25, 0.3) is 0 Å². The van der Waals surface area contributed by atoms with Crippen molar-refractivity contribution in [3.05, 3.63) is 24.3 Å². The summed E-state index contributed by atoms with van der Waals surface area (Å²) in [6.07, 6.45) is 0. The number of rotatable bonds is 1. The van der Waals surface area contributed by atoms with Crippen molar-refractivity contribution < 1.29 is 0 Å². The number of nitrogens with two attached hydrogens (primary N) is 1. The molecule has 0 saturated heterocycles. The van der Waals surface area contributed by atoms with Crippen LogP contribution >= 0.6 is 8.58 Å². The van der Waals surface area contributed by atoms with E-state index in [-0.39, 0.29) is 0 Å². The molecule has 0 aromatic heterocycles. The van der Waals surface area contributed by atoms with Crippen LogP contribution in [0.5, 0.6) is 0 Å². The average molecular weight is 139 g/mol. The summed E-state index contributed by atoms with van der Waals surface area (Å²) in [6, 6.07) is 8.00. The fraction of sp³-hybridized carbons (Fsp3) is 0.143. The summed E-state index contributed by atoms with van der Waals surface area (Å²) in [6.45, 7) is 2.15. The van der Waals surface area contributed by atoms with E-state index in [1.807, 2.05) is 18.2 Å². The SMILES string of the molecule is CPc1cccc(N)c1. The Labute approximate surface area is 57.1 Å². The molecule has 1 nitrogen and oxygen atoms in total. The molecule has 1 atom stereocenters. The molecular formula is C7H10NP. The number of nitrogen functional groups attached to an aromatic ring is 1. The Kier molecular flexibility index (Phi) is 2.07. The molecular weight excluding hydrogens is 129 g/mol. The maximum Gasteiger partial charge on any atom is 0.0320 e. The van der Waals surface area contributed by atoms with Crippen molar-refractivity contribution in [2.24, 2.45) is 0 Å². The average Bonchev–Trinajstić information content (AvgIpc) is 1.88. The summed E-state index contributed by atoms with van der Waals surface area (Å²) in [4.78, 5) is 0. The summed E-state index contributed by atoms with van der Waals surface area (Å²) >= 11 is 0. The van der Waals surface area contributed by atoms with E-state index in [1.165, 1.54) is 5.30 Å². The molecule has 0 aliphatic rings. The minimum atomic E-state index is 0.846. The molecule has 0 aliphatic carbocycles. The van der Waals surface area contributed by atoms with Crippen LogP contribution in [-0.4, -0.2) is 6.66 Å². The summed E-state index contributed by atoms with van der Waals surface area (Å²) in [5, 5.41) is 1.33. The quantitative estimate of drug-likeness (QED) is 0.459. The standard InChI is InChI=1S/C7H10NP/c1-9-7-4-2-3-6(8)5-7/h2-5,9H,8H2,1H3. The zero-order valence-electron chi connectivity index (χ0n) is 5.39. The molecule has 0 heterocycles. The minimum absolute atomic E-state index is 0.846. The van der Waals surface area contributed by atoms with Gasteiger partial charge < -0.3 is 5.73 Å². The first kappa shape index (κ1) is 6.57. The minimum Gasteiger partial charge on any atom is -0.399 e. The Bertz CT molecular complexity index is 198. The molecule has 0 spiro atoms. The number of hydrogen-bond acceptors (Lipinski definition) is 1. The molecule has 1 unspecified atom stereocenters. The van der Waals surface area contributed by atoms with Gasteiger partial charge in [-0.1, -0.05) is 20.7 Å². The van der Waals surface area contributed by atoms with E-state index in [0.717, 1.165) is 14.3 Å². The molecule has 2 heteroatoms. The van der Waals surface area contributed by atoms with Crippen molar-refractivity contribution in [3.63, 3.8) is 0 Å². The zero-order chi connectivity index (χ0) is 6.69. The molecule has 0 aliphatic heterocycles. The van der Waals surface area contributed by atoms with Crippen molar-refractivity contribution in [2.45, 2.75) is 0 Å². The first-order valence-corrected chi connectivity index (χ1v) is 4.36. The van der Waals surface area contributed by atoms with E-state index >= 15 is 0 Å². The second-order valence-electron chi connectivity index (χ2n) is 1.88. The molecule has 48 valence electrons. The van der Waals surface area contributed by atoms with Crippen LogP contribution in [0.15, 0.2) is 24.3 Å². The Balaban J connectivity index is 2.94. The lowest BCUT2D eigenvalue weighted by Gasteiger charge is -1.95. The van der Waals surface area contributed by atoms with Crippen molar-refractivity contribution in [2.75, 3.05) is 12.4 Å². The second kappa shape index (κ2) is 2.84. The van der Waals surface area contributed by atoms with Crippen LogP contribution in [0.2, 0.25) is 0 Å². The third-order valence-corrected chi connectivity index (χ3v) is 2.06. The molecule has 1 aromatic rings. The van der Waals surface area contributed by atoms with Crippen LogP contribution in [0.4, 0.5) is 5.69 Å². The van der Waals surface area contributed by atoms with E-state index in [2.05, 4.69) is 12.7 Å². The fourth-order valence-electron chi connectivity index (χ4n) is 0.694. The second-order valence-corrected chi connectivity index (χ2v) is 2.95. The molecule has 0 saturated carbocycles. The summed E-state index contributed by atoms with van der Waals surface area (Å²) in [5.41, 5.74) is 6.40. The highest BCUT2D eigenvalue weighted by molar-refractivity contribution is 7.46. The van der Waals surface area contributed by atoms with E-state index in [0.29, 0.717) is 0 Å². The highest BCUT2D eigenvalue weighted by Gasteiger charge is 1.86. The first-order chi connectivity index (χ1) is 4.33. The van der Waals surface area contributed by atoms with Gasteiger partial charge in [-0.15, -0.1) is 0 Å². The summed E-state index contributed by atoms with van der Waals surface area (Å²) in [7, 11) is 0.846. The molecule has 0 amide bonds. The molecule has 1 rings (SSSR count).